The fourth-order valence-corrected chi connectivity index (χ4v) is 3.92. The van der Waals surface area contributed by atoms with Gasteiger partial charge in [0.15, 0.2) is 6.10 Å². The van der Waals surface area contributed by atoms with Gasteiger partial charge < -0.3 is 15.0 Å². The maximum atomic E-state index is 14.0. The second kappa shape index (κ2) is 9.96. The summed E-state index contributed by atoms with van der Waals surface area (Å²) >= 11 is 0. The quantitative estimate of drug-likeness (QED) is 0.438. The first-order chi connectivity index (χ1) is 17.0. The zero-order valence-corrected chi connectivity index (χ0v) is 19.0. The average molecular weight is 504 g/mol. The molecular formula is C26H21F5N2O3. The monoisotopic (exact) mass is 504 g/mol. The highest BCUT2D eigenvalue weighted by atomic mass is 19.4. The molecule has 10 heteroatoms. The molecule has 1 unspecified atom stereocenters. The Bertz CT molecular complexity index is 1310. The highest BCUT2D eigenvalue weighted by Gasteiger charge is 2.32. The van der Waals surface area contributed by atoms with Gasteiger partial charge >= 0.3 is 6.18 Å². The fraction of sp³-hybridized carbons (Fsp3) is 0.231. The summed E-state index contributed by atoms with van der Waals surface area (Å²) in [7, 11) is 0. The van der Waals surface area contributed by atoms with Crippen molar-refractivity contribution in [1.29, 1.82) is 0 Å². The lowest BCUT2D eigenvalue weighted by molar-refractivity contribution is -0.139. The van der Waals surface area contributed by atoms with Crippen LogP contribution in [0.15, 0.2) is 60.7 Å². The van der Waals surface area contributed by atoms with E-state index < -0.39 is 35.4 Å². The lowest BCUT2D eigenvalue weighted by atomic mass is 10.1. The van der Waals surface area contributed by atoms with Crippen LogP contribution in [0.5, 0.6) is 5.75 Å². The van der Waals surface area contributed by atoms with Crippen LogP contribution in [0.2, 0.25) is 0 Å². The van der Waals surface area contributed by atoms with E-state index in [1.165, 1.54) is 23.1 Å². The minimum Gasteiger partial charge on any atom is -0.480 e. The van der Waals surface area contributed by atoms with E-state index >= 15 is 0 Å². The van der Waals surface area contributed by atoms with Gasteiger partial charge in [-0.25, -0.2) is 8.78 Å². The molecule has 0 aliphatic carbocycles. The molecule has 0 saturated carbocycles. The molecule has 2 amide bonds. The summed E-state index contributed by atoms with van der Waals surface area (Å²) in [4.78, 5) is 27.0. The van der Waals surface area contributed by atoms with E-state index in [1.54, 1.807) is 19.1 Å². The van der Waals surface area contributed by atoms with E-state index in [-0.39, 0.29) is 30.2 Å². The van der Waals surface area contributed by atoms with Gasteiger partial charge in [-0.2, -0.15) is 13.2 Å². The third-order valence-electron chi connectivity index (χ3n) is 5.71. The van der Waals surface area contributed by atoms with Gasteiger partial charge in [0.25, 0.3) is 11.8 Å². The van der Waals surface area contributed by atoms with Crippen LogP contribution in [-0.2, 0) is 24.1 Å². The summed E-state index contributed by atoms with van der Waals surface area (Å²) in [5.41, 5.74) is -0.0946. The largest absolute Gasteiger partial charge is 0.480 e. The molecule has 1 aliphatic heterocycles. The number of nitrogens with zero attached hydrogens (tertiary/aromatic N) is 1. The Morgan fingerprint density at radius 2 is 1.86 bits per heavy atom. The summed E-state index contributed by atoms with van der Waals surface area (Å²) in [6.45, 7) is 1.68. The van der Waals surface area contributed by atoms with E-state index in [0.29, 0.717) is 29.4 Å². The van der Waals surface area contributed by atoms with Gasteiger partial charge in [0.05, 0.1) is 11.1 Å². The molecular weight excluding hydrogens is 483 g/mol. The zero-order valence-electron chi connectivity index (χ0n) is 19.0. The molecule has 1 N–H and O–H groups in total. The van der Waals surface area contributed by atoms with Crippen molar-refractivity contribution < 1.29 is 36.3 Å². The summed E-state index contributed by atoms with van der Waals surface area (Å²) in [5, 5.41) is 2.53. The molecule has 1 aliphatic rings. The molecule has 3 aromatic carbocycles. The molecule has 5 nitrogen and oxygen atoms in total. The van der Waals surface area contributed by atoms with Crippen LogP contribution in [0.3, 0.4) is 0 Å². The maximum absolute atomic E-state index is 14.0. The molecule has 4 rings (SSSR count). The van der Waals surface area contributed by atoms with Crippen LogP contribution in [0.4, 0.5) is 27.6 Å². The molecule has 188 valence electrons. The van der Waals surface area contributed by atoms with Gasteiger partial charge in [0.1, 0.15) is 17.4 Å². The number of carbonyl (C=O) groups is 2. The van der Waals surface area contributed by atoms with E-state index in [1.807, 2.05) is 0 Å². The summed E-state index contributed by atoms with van der Waals surface area (Å²) < 4.78 is 72.4. The molecule has 0 aromatic heterocycles. The van der Waals surface area contributed by atoms with Gasteiger partial charge in [-0.05, 0) is 54.4 Å². The number of alkyl halides is 3. The van der Waals surface area contributed by atoms with E-state index in [9.17, 15) is 31.5 Å². The number of rotatable bonds is 5. The number of halogens is 5. The number of benzene rings is 3. The minimum atomic E-state index is -4.52. The lowest BCUT2D eigenvalue weighted by Crippen LogP contribution is -2.38. The third-order valence-corrected chi connectivity index (χ3v) is 5.71. The van der Waals surface area contributed by atoms with Crippen LogP contribution in [0.25, 0.3) is 0 Å². The summed E-state index contributed by atoms with van der Waals surface area (Å²) in [5.74, 6) is -2.64. The van der Waals surface area contributed by atoms with Crippen LogP contribution in [0.1, 0.15) is 40.4 Å². The predicted octanol–water partition coefficient (Wildman–Crippen LogP) is 5.94. The number of nitrogens with one attached hydrogen (secondary N) is 1. The normalized spacial score (nSPS) is 15.7. The maximum Gasteiger partial charge on any atom is 0.416 e. The fourth-order valence-electron chi connectivity index (χ4n) is 3.92. The Morgan fingerprint density at radius 3 is 2.56 bits per heavy atom. The van der Waals surface area contributed by atoms with Gasteiger partial charge in [-0.15, -0.1) is 0 Å². The first-order valence-electron chi connectivity index (χ1n) is 11.1. The van der Waals surface area contributed by atoms with Gasteiger partial charge in [0, 0.05) is 30.4 Å². The molecule has 0 radical (unpaired) electrons. The second-order valence-corrected chi connectivity index (χ2v) is 8.31. The van der Waals surface area contributed by atoms with Gasteiger partial charge in [-0.3, -0.25) is 9.59 Å². The Labute approximate surface area is 203 Å². The van der Waals surface area contributed by atoms with Crippen molar-refractivity contribution in [3.05, 3.63) is 94.6 Å². The minimum absolute atomic E-state index is 0.00946. The Balaban J connectivity index is 1.60. The Kier molecular flexibility index (Phi) is 6.96. The van der Waals surface area contributed by atoms with Crippen molar-refractivity contribution >= 4 is 17.5 Å². The number of fused-ring (bicyclic) bond motifs is 1. The van der Waals surface area contributed by atoms with Gasteiger partial charge in [-0.1, -0.05) is 19.1 Å². The number of hydrogen-bond donors (Lipinski definition) is 1. The van der Waals surface area contributed by atoms with Crippen LogP contribution in [-0.4, -0.2) is 22.8 Å². The second-order valence-electron chi connectivity index (χ2n) is 8.31. The van der Waals surface area contributed by atoms with Crippen molar-refractivity contribution in [2.75, 3.05) is 5.32 Å². The SMILES string of the molecule is CCC1Oc2ccc(NC(=O)c3ccc(F)cc3F)cc2CN(Cc2cccc(C(F)(F)F)c2)C1=O. The molecule has 0 saturated heterocycles. The lowest BCUT2D eigenvalue weighted by Gasteiger charge is -2.23. The molecule has 0 fully saturated rings. The molecule has 36 heavy (non-hydrogen) atoms. The molecule has 1 heterocycles. The van der Waals surface area contributed by atoms with Crippen molar-refractivity contribution in [1.82, 2.24) is 4.90 Å². The first-order valence-corrected chi connectivity index (χ1v) is 11.1. The number of ether oxygens (including phenoxy) is 1. The van der Waals surface area contributed by atoms with E-state index in [0.717, 1.165) is 24.3 Å². The van der Waals surface area contributed by atoms with Crippen LogP contribution in [0, 0.1) is 11.6 Å². The van der Waals surface area contributed by atoms with Gasteiger partial charge in [0.2, 0.25) is 0 Å². The average Bonchev–Trinajstić information content (AvgIpc) is 2.94. The number of hydrogen-bond acceptors (Lipinski definition) is 3. The predicted molar refractivity (Wildman–Crippen MR) is 121 cm³/mol. The summed E-state index contributed by atoms with van der Waals surface area (Å²) in [6, 6.07) is 11.9. The number of anilines is 1. The Hall–Kier alpha value is -3.95. The van der Waals surface area contributed by atoms with Crippen molar-refractivity contribution in [2.45, 2.75) is 38.7 Å². The smallest absolute Gasteiger partial charge is 0.416 e. The molecule has 0 bridgehead atoms. The number of amides is 2. The van der Waals surface area contributed by atoms with Crippen LogP contribution < -0.4 is 10.1 Å². The van der Waals surface area contributed by atoms with Crippen molar-refractivity contribution in [2.24, 2.45) is 0 Å². The highest BCUT2D eigenvalue weighted by molar-refractivity contribution is 6.04. The van der Waals surface area contributed by atoms with Crippen molar-refractivity contribution in [3.8, 4) is 5.75 Å². The standard InChI is InChI=1S/C26H21F5N2O3/c1-2-22-25(35)33(13-15-4-3-5-17(10-15)26(29,30)31)14-16-11-19(7-9-23(16)36-22)32-24(34)20-8-6-18(27)12-21(20)28/h3-12,22H,2,13-14H2,1H3,(H,32,34). The first kappa shape index (κ1) is 25.2. The van der Waals surface area contributed by atoms with E-state index in [4.69, 9.17) is 4.74 Å². The van der Waals surface area contributed by atoms with Crippen molar-refractivity contribution in [3.63, 3.8) is 0 Å². The summed E-state index contributed by atoms with van der Waals surface area (Å²) in [6.07, 6.45) is -5.03. The molecule has 3 aromatic rings. The molecule has 0 spiro atoms. The topological polar surface area (TPSA) is 58.6 Å². The van der Waals surface area contributed by atoms with E-state index in [2.05, 4.69) is 5.32 Å². The zero-order chi connectivity index (χ0) is 26.0. The highest BCUT2D eigenvalue weighted by Crippen LogP contribution is 2.32. The molecule has 1 atom stereocenters. The van der Waals surface area contributed by atoms with Crippen LogP contribution >= 0.6 is 0 Å². The number of carbonyl (C=O) groups excluding carboxylic acids is 2. The third kappa shape index (κ3) is 5.48. The Morgan fingerprint density at radius 1 is 1.08 bits per heavy atom.